The van der Waals surface area contributed by atoms with Crippen LogP contribution in [0.1, 0.15) is 0 Å². The summed E-state index contributed by atoms with van der Waals surface area (Å²) in [5, 5.41) is 14.9. The third-order valence-corrected chi connectivity index (χ3v) is 4.25. The molecule has 144 valence electrons. The van der Waals surface area contributed by atoms with Crippen molar-refractivity contribution in [3.63, 3.8) is 0 Å². The number of anilines is 2. The Morgan fingerprint density at radius 2 is 1.97 bits per heavy atom. The normalized spacial score (nSPS) is 10.7. The van der Waals surface area contributed by atoms with Gasteiger partial charge in [0.05, 0.1) is 28.9 Å². The molecule has 0 saturated heterocycles. The predicted molar refractivity (Wildman–Crippen MR) is 106 cm³/mol. The van der Waals surface area contributed by atoms with Crippen molar-refractivity contribution in [3.8, 4) is 17.0 Å². The quantitative estimate of drug-likeness (QED) is 0.395. The van der Waals surface area contributed by atoms with Crippen LogP contribution in [0.25, 0.3) is 22.2 Å². The predicted octanol–water partition coefficient (Wildman–Crippen LogP) is 4.49. The summed E-state index contributed by atoms with van der Waals surface area (Å²) in [5.74, 6) is -0.723. The van der Waals surface area contributed by atoms with Crippen molar-refractivity contribution in [1.82, 2.24) is 15.0 Å². The zero-order valence-electron chi connectivity index (χ0n) is 15.2. The van der Waals surface area contributed by atoms with Gasteiger partial charge < -0.3 is 10.1 Å². The molecule has 1 N–H and O–H groups in total. The Balaban J connectivity index is 1.70. The highest BCUT2D eigenvalue weighted by Gasteiger charge is 2.19. The number of para-hydroxylation sites is 1. The fraction of sp³-hybridized carbons (Fsp3) is 0.0500. The molecule has 0 fully saturated rings. The van der Waals surface area contributed by atoms with E-state index in [-0.39, 0.29) is 17.4 Å². The highest BCUT2D eigenvalue weighted by atomic mass is 19.1. The fourth-order valence-electron chi connectivity index (χ4n) is 2.86. The Morgan fingerprint density at radius 3 is 2.76 bits per heavy atom. The summed E-state index contributed by atoms with van der Waals surface area (Å²) in [6.45, 7) is 0. The molecule has 0 saturated carbocycles. The van der Waals surface area contributed by atoms with E-state index in [1.165, 1.54) is 7.11 Å². The number of nitrogens with zero attached hydrogens (tertiary/aromatic N) is 4. The lowest BCUT2D eigenvalue weighted by Crippen LogP contribution is -2.02. The van der Waals surface area contributed by atoms with Gasteiger partial charge in [-0.05, 0) is 18.2 Å². The molecule has 4 aromatic rings. The first-order valence-corrected chi connectivity index (χ1v) is 8.52. The smallest absolute Gasteiger partial charge is 0.307 e. The molecule has 8 nitrogen and oxygen atoms in total. The topological polar surface area (TPSA) is 103 Å². The fourth-order valence-corrected chi connectivity index (χ4v) is 2.86. The van der Waals surface area contributed by atoms with Crippen LogP contribution in [0.3, 0.4) is 0 Å². The zero-order valence-corrected chi connectivity index (χ0v) is 15.2. The van der Waals surface area contributed by atoms with Crippen LogP contribution < -0.4 is 10.1 Å². The van der Waals surface area contributed by atoms with Crippen molar-refractivity contribution in [2.45, 2.75) is 0 Å². The standard InChI is InChI=1S/C20H14FN5O3/c1-29-19-9-14(21)18(26(27)28)10-17(19)25-20-22-7-6-16(24-20)13-8-12-4-2-3-5-15(12)23-11-13/h2-11H,1H3,(H,22,24,25). The highest BCUT2D eigenvalue weighted by molar-refractivity contribution is 5.82. The molecule has 0 aliphatic heterocycles. The van der Waals surface area contributed by atoms with Gasteiger partial charge >= 0.3 is 5.69 Å². The SMILES string of the molecule is COc1cc(F)c([N+](=O)[O-])cc1Nc1nccc(-c2cnc3ccccc3c2)n1. The third-order valence-electron chi connectivity index (χ3n) is 4.25. The highest BCUT2D eigenvalue weighted by Crippen LogP contribution is 2.33. The lowest BCUT2D eigenvalue weighted by atomic mass is 10.1. The van der Waals surface area contributed by atoms with Crippen LogP contribution in [0.4, 0.5) is 21.7 Å². The minimum Gasteiger partial charge on any atom is -0.494 e. The molecule has 0 radical (unpaired) electrons. The Bertz CT molecular complexity index is 1230. The lowest BCUT2D eigenvalue weighted by molar-refractivity contribution is -0.387. The van der Waals surface area contributed by atoms with Crippen molar-refractivity contribution < 1.29 is 14.1 Å². The molecule has 0 aliphatic rings. The molecular formula is C20H14FN5O3. The summed E-state index contributed by atoms with van der Waals surface area (Å²) >= 11 is 0. The van der Waals surface area contributed by atoms with Crippen LogP contribution in [-0.2, 0) is 0 Å². The Hall–Kier alpha value is -4.14. The second-order valence-electron chi connectivity index (χ2n) is 6.07. The number of fused-ring (bicyclic) bond motifs is 1. The van der Waals surface area contributed by atoms with E-state index in [2.05, 4.69) is 20.3 Å². The number of nitro benzene ring substituents is 1. The average Bonchev–Trinajstić information content (AvgIpc) is 2.74. The van der Waals surface area contributed by atoms with Gasteiger partial charge in [-0.3, -0.25) is 15.1 Å². The number of ether oxygens (including phenoxy) is 1. The van der Waals surface area contributed by atoms with Gasteiger partial charge in [0.25, 0.3) is 0 Å². The Morgan fingerprint density at radius 1 is 1.14 bits per heavy atom. The van der Waals surface area contributed by atoms with Crippen molar-refractivity contribution in [1.29, 1.82) is 0 Å². The minimum absolute atomic E-state index is 0.0921. The zero-order chi connectivity index (χ0) is 20.4. The first-order chi connectivity index (χ1) is 14.0. The van der Waals surface area contributed by atoms with Gasteiger partial charge in [-0.15, -0.1) is 0 Å². The van der Waals surface area contributed by atoms with Crippen LogP contribution in [0, 0.1) is 15.9 Å². The summed E-state index contributed by atoms with van der Waals surface area (Å²) in [5.41, 5.74) is 1.76. The molecule has 0 spiro atoms. The number of pyridine rings is 1. The van der Waals surface area contributed by atoms with Gasteiger partial charge in [0.2, 0.25) is 11.8 Å². The first kappa shape index (κ1) is 18.2. The molecule has 0 unspecified atom stereocenters. The average molecular weight is 391 g/mol. The summed E-state index contributed by atoms with van der Waals surface area (Å²) < 4.78 is 18.9. The van der Waals surface area contributed by atoms with Gasteiger partial charge in [0.15, 0.2) is 0 Å². The van der Waals surface area contributed by atoms with Crippen LogP contribution in [0.15, 0.2) is 60.9 Å². The van der Waals surface area contributed by atoms with E-state index in [9.17, 15) is 14.5 Å². The molecule has 2 heterocycles. The Labute approximate surface area is 164 Å². The molecule has 2 aromatic heterocycles. The number of nitrogens with one attached hydrogen (secondary N) is 1. The van der Waals surface area contributed by atoms with E-state index in [0.717, 1.165) is 28.6 Å². The number of rotatable bonds is 5. The maximum atomic E-state index is 13.8. The number of nitro groups is 1. The van der Waals surface area contributed by atoms with Crippen LogP contribution in [0.2, 0.25) is 0 Å². The molecular weight excluding hydrogens is 377 g/mol. The second kappa shape index (κ2) is 7.47. The van der Waals surface area contributed by atoms with E-state index in [1.54, 1.807) is 18.5 Å². The van der Waals surface area contributed by atoms with Crippen molar-refractivity contribution in [2.75, 3.05) is 12.4 Å². The number of hydrogen-bond acceptors (Lipinski definition) is 7. The summed E-state index contributed by atoms with van der Waals surface area (Å²) in [6.07, 6.45) is 3.25. The number of methoxy groups -OCH3 is 1. The molecule has 0 amide bonds. The van der Waals surface area contributed by atoms with Crippen LogP contribution >= 0.6 is 0 Å². The molecule has 4 rings (SSSR count). The van der Waals surface area contributed by atoms with Crippen LogP contribution in [-0.4, -0.2) is 27.0 Å². The van der Waals surface area contributed by atoms with Gasteiger partial charge in [-0.1, -0.05) is 18.2 Å². The molecule has 9 heteroatoms. The van der Waals surface area contributed by atoms with E-state index in [1.807, 2.05) is 30.3 Å². The van der Waals surface area contributed by atoms with Gasteiger partial charge in [-0.2, -0.15) is 4.39 Å². The van der Waals surface area contributed by atoms with Crippen molar-refractivity contribution in [2.24, 2.45) is 0 Å². The second-order valence-corrected chi connectivity index (χ2v) is 6.07. The third kappa shape index (κ3) is 3.65. The molecule has 0 bridgehead atoms. The monoisotopic (exact) mass is 391 g/mol. The summed E-state index contributed by atoms with van der Waals surface area (Å²) in [7, 11) is 1.34. The van der Waals surface area contributed by atoms with Gasteiger partial charge in [-0.25, -0.2) is 9.97 Å². The maximum Gasteiger partial charge on any atom is 0.307 e. The first-order valence-electron chi connectivity index (χ1n) is 8.52. The van der Waals surface area contributed by atoms with Gasteiger partial charge in [0.1, 0.15) is 5.75 Å². The van der Waals surface area contributed by atoms with E-state index >= 15 is 0 Å². The van der Waals surface area contributed by atoms with E-state index < -0.39 is 16.4 Å². The molecule has 0 aliphatic carbocycles. The molecule has 2 aromatic carbocycles. The van der Waals surface area contributed by atoms with Crippen molar-refractivity contribution >= 4 is 28.2 Å². The molecule has 29 heavy (non-hydrogen) atoms. The largest absolute Gasteiger partial charge is 0.494 e. The van der Waals surface area contributed by atoms with E-state index in [4.69, 9.17) is 4.74 Å². The lowest BCUT2D eigenvalue weighted by Gasteiger charge is -2.11. The molecule has 0 atom stereocenters. The minimum atomic E-state index is -0.991. The number of aromatic nitrogens is 3. The van der Waals surface area contributed by atoms with E-state index in [0.29, 0.717) is 5.69 Å². The number of halogens is 1. The number of benzene rings is 2. The Kier molecular flexibility index (Phi) is 4.70. The van der Waals surface area contributed by atoms with Gasteiger partial charge in [0, 0.05) is 35.5 Å². The summed E-state index contributed by atoms with van der Waals surface area (Å²) in [4.78, 5) is 23.2. The maximum absolute atomic E-state index is 13.8. The summed E-state index contributed by atoms with van der Waals surface area (Å²) in [6, 6.07) is 13.4. The number of hydrogen-bond donors (Lipinski definition) is 1. The van der Waals surface area contributed by atoms with Crippen molar-refractivity contribution in [3.05, 3.63) is 76.9 Å². The van der Waals surface area contributed by atoms with Crippen LogP contribution in [0.5, 0.6) is 5.75 Å².